The van der Waals surface area contributed by atoms with Crippen molar-refractivity contribution in [2.45, 2.75) is 63.1 Å². The van der Waals surface area contributed by atoms with Crippen molar-refractivity contribution in [3.63, 3.8) is 0 Å². The highest BCUT2D eigenvalue weighted by Gasteiger charge is 2.38. The first-order chi connectivity index (χ1) is 7.74. The van der Waals surface area contributed by atoms with E-state index >= 15 is 0 Å². The van der Waals surface area contributed by atoms with Crippen LogP contribution in [0.1, 0.15) is 44.9 Å². The number of hydrogen-bond acceptors (Lipinski definition) is 2. The monoisotopic (exact) mass is 258 g/mol. The zero-order valence-electron chi connectivity index (χ0n) is 10.5. The minimum Gasteiger partial charge on any atom is -0.342 e. The topological polar surface area (TPSA) is 32.3 Å². The van der Waals surface area contributed by atoms with Crippen LogP contribution in [0, 0.1) is 5.92 Å². The van der Waals surface area contributed by atoms with Crippen molar-refractivity contribution < 1.29 is 4.79 Å². The molecule has 2 saturated heterocycles. The average Bonchev–Trinajstić information content (AvgIpc) is 2.54. The van der Waals surface area contributed by atoms with E-state index in [9.17, 15) is 4.79 Å². The molecule has 1 saturated carbocycles. The van der Waals surface area contributed by atoms with Gasteiger partial charge in [-0.05, 0) is 38.5 Å². The molecule has 2 bridgehead atoms. The Kier molecular flexibility index (Phi) is 3.99. The Labute approximate surface area is 110 Å². The normalized spacial score (nSPS) is 35.9. The van der Waals surface area contributed by atoms with E-state index in [1.165, 1.54) is 32.1 Å². The Bertz CT molecular complexity index is 281. The maximum absolute atomic E-state index is 12.2. The Hall–Kier alpha value is -0.280. The van der Waals surface area contributed by atoms with Crippen LogP contribution in [0.4, 0.5) is 0 Å². The summed E-state index contributed by atoms with van der Waals surface area (Å²) in [6, 6.07) is 1.87. The third kappa shape index (κ3) is 2.45. The number of nitrogens with zero attached hydrogens (tertiary/aromatic N) is 1. The molecule has 2 atom stereocenters. The van der Waals surface area contributed by atoms with Crippen LogP contribution in [0.5, 0.6) is 0 Å². The lowest BCUT2D eigenvalue weighted by Gasteiger charge is -2.38. The second-order valence-corrected chi connectivity index (χ2v) is 5.84. The molecule has 3 rings (SSSR count). The van der Waals surface area contributed by atoms with E-state index in [-0.39, 0.29) is 12.4 Å². The van der Waals surface area contributed by atoms with Crippen molar-refractivity contribution in [3.8, 4) is 0 Å². The lowest BCUT2D eigenvalue weighted by atomic mass is 9.83. The van der Waals surface area contributed by atoms with E-state index in [0.29, 0.717) is 30.0 Å². The van der Waals surface area contributed by atoms with Gasteiger partial charge in [0.1, 0.15) is 0 Å². The molecular formula is C13H23ClN2O. The van der Waals surface area contributed by atoms with Gasteiger partial charge in [-0.3, -0.25) is 4.79 Å². The number of carbonyl (C=O) groups is 1. The molecule has 1 N–H and O–H groups in total. The van der Waals surface area contributed by atoms with E-state index in [2.05, 4.69) is 10.2 Å². The van der Waals surface area contributed by atoms with Crippen LogP contribution in [-0.2, 0) is 4.79 Å². The molecule has 98 valence electrons. The number of hydrogen-bond donors (Lipinski definition) is 1. The quantitative estimate of drug-likeness (QED) is 0.821. The van der Waals surface area contributed by atoms with Crippen LogP contribution in [0.2, 0.25) is 0 Å². The summed E-state index contributed by atoms with van der Waals surface area (Å²) in [4.78, 5) is 14.2. The zero-order chi connectivity index (χ0) is 11.1. The van der Waals surface area contributed by atoms with Crippen molar-refractivity contribution >= 4 is 18.3 Å². The summed E-state index contributed by atoms with van der Waals surface area (Å²) in [5.74, 6) is 0.773. The Morgan fingerprint density at radius 2 is 1.71 bits per heavy atom. The van der Waals surface area contributed by atoms with Crippen LogP contribution in [-0.4, -0.2) is 36.0 Å². The number of rotatable bonds is 2. The Morgan fingerprint density at radius 1 is 1.12 bits per heavy atom. The highest BCUT2D eigenvalue weighted by molar-refractivity contribution is 5.85. The molecule has 0 aromatic carbocycles. The van der Waals surface area contributed by atoms with E-state index in [0.717, 1.165) is 12.8 Å². The molecule has 17 heavy (non-hydrogen) atoms. The molecule has 0 aromatic heterocycles. The molecule has 0 spiro atoms. The maximum Gasteiger partial charge on any atom is 0.225 e. The highest BCUT2D eigenvalue weighted by atomic mass is 35.5. The fourth-order valence-electron chi connectivity index (χ4n) is 3.47. The summed E-state index contributed by atoms with van der Waals surface area (Å²) in [6.07, 6.45) is 8.47. The fourth-order valence-corrected chi connectivity index (χ4v) is 3.47. The molecule has 4 heteroatoms. The summed E-state index contributed by atoms with van der Waals surface area (Å²) in [5, 5.41) is 3.63. The number of piperidine rings is 1. The average molecular weight is 259 g/mol. The number of carbonyl (C=O) groups excluding carboxylic acids is 1. The molecule has 0 radical (unpaired) electrons. The maximum atomic E-state index is 12.2. The third-order valence-electron chi connectivity index (χ3n) is 4.80. The Morgan fingerprint density at radius 3 is 2.18 bits per heavy atom. The standard InChI is InChI=1S/C13H22N2O.ClH/c1-15(13(16)9-3-2-4-9)12-7-10-5-6-11(8-12)14-10;/h9-12,14H,2-8H2,1H3;1H. The van der Waals surface area contributed by atoms with Crippen LogP contribution in [0.15, 0.2) is 0 Å². The second-order valence-electron chi connectivity index (χ2n) is 5.84. The van der Waals surface area contributed by atoms with Crippen molar-refractivity contribution in [3.05, 3.63) is 0 Å². The van der Waals surface area contributed by atoms with Crippen LogP contribution in [0.25, 0.3) is 0 Å². The van der Waals surface area contributed by atoms with Crippen LogP contribution < -0.4 is 5.32 Å². The third-order valence-corrected chi connectivity index (χ3v) is 4.80. The molecule has 3 aliphatic rings. The number of nitrogens with one attached hydrogen (secondary N) is 1. The summed E-state index contributed by atoms with van der Waals surface area (Å²) in [7, 11) is 2.02. The molecule has 3 nitrogen and oxygen atoms in total. The first-order valence-electron chi connectivity index (χ1n) is 6.77. The van der Waals surface area contributed by atoms with Gasteiger partial charge in [0.05, 0.1) is 0 Å². The van der Waals surface area contributed by atoms with Gasteiger partial charge in [-0.2, -0.15) is 0 Å². The minimum absolute atomic E-state index is 0. The van der Waals surface area contributed by atoms with Gasteiger partial charge in [0.15, 0.2) is 0 Å². The first-order valence-corrected chi connectivity index (χ1v) is 6.77. The van der Waals surface area contributed by atoms with Crippen LogP contribution in [0.3, 0.4) is 0 Å². The van der Waals surface area contributed by atoms with Gasteiger partial charge in [-0.15, -0.1) is 12.4 Å². The number of amides is 1. The van der Waals surface area contributed by atoms with E-state index in [1.807, 2.05) is 7.05 Å². The van der Waals surface area contributed by atoms with Gasteiger partial charge in [0, 0.05) is 31.1 Å². The number of fused-ring (bicyclic) bond motifs is 2. The van der Waals surface area contributed by atoms with E-state index in [1.54, 1.807) is 0 Å². The smallest absolute Gasteiger partial charge is 0.225 e. The van der Waals surface area contributed by atoms with E-state index < -0.39 is 0 Å². The predicted octanol–water partition coefficient (Wildman–Crippen LogP) is 1.95. The van der Waals surface area contributed by atoms with Gasteiger partial charge in [0.25, 0.3) is 0 Å². The first kappa shape index (κ1) is 13.2. The minimum atomic E-state index is 0. The summed E-state index contributed by atoms with van der Waals surface area (Å²) >= 11 is 0. The van der Waals surface area contributed by atoms with Gasteiger partial charge in [-0.1, -0.05) is 6.42 Å². The van der Waals surface area contributed by atoms with E-state index in [4.69, 9.17) is 0 Å². The summed E-state index contributed by atoms with van der Waals surface area (Å²) in [6.45, 7) is 0. The molecule has 3 fully saturated rings. The zero-order valence-corrected chi connectivity index (χ0v) is 11.3. The van der Waals surface area contributed by atoms with Gasteiger partial charge < -0.3 is 10.2 Å². The summed E-state index contributed by atoms with van der Waals surface area (Å²) < 4.78 is 0. The summed E-state index contributed by atoms with van der Waals surface area (Å²) in [5.41, 5.74) is 0. The lowest BCUT2D eigenvalue weighted by Crippen LogP contribution is -2.50. The molecule has 1 amide bonds. The van der Waals surface area contributed by atoms with Crippen molar-refractivity contribution in [2.24, 2.45) is 5.92 Å². The SMILES string of the molecule is CN(C(=O)C1CCC1)C1CC2CCC(C1)N2.Cl. The van der Waals surface area contributed by atoms with Gasteiger partial charge >= 0.3 is 0 Å². The largest absolute Gasteiger partial charge is 0.342 e. The second kappa shape index (κ2) is 5.15. The Balaban J connectivity index is 0.00000108. The lowest BCUT2D eigenvalue weighted by molar-refractivity contribution is -0.139. The molecular weight excluding hydrogens is 236 g/mol. The molecule has 2 aliphatic heterocycles. The van der Waals surface area contributed by atoms with Crippen LogP contribution >= 0.6 is 12.4 Å². The fraction of sp³-hybridized carbons (Fsp3) is 0.923. The molecule has 1 aliphatic carbocycles. The predicted molar refractivity (Wildman–Crippen MR) is 70.3 cm³/mol. The van der Waals surface area contributed by atoms with Crippen molar-refractivity contribution in [1.82, 2.24) is 10.2 Å². The highest BCUT2D eigenvalue weighted by Crippen LogP contribution is 2.33. The van der Waals surface area contributed by atoms with Gasteiger partial charge in [-0.25, -0.2) is 0 Å². The molecule has 2 heterocycles. The van der Waals surface area contributed by atoms with Crippen molar-refractivity contribution in [2.75, 3.05) is 7.05 Å². The molecule has 2 unspecified atom stereocenters. The number of halogens is 1. The van der Waals surface area contributed by atoms with Gasteiger partial charge in [0.2, 0.25) is 5.91 Å². The molecule has 0 aromatic rings. The van der Waals surface area contributed by atoms with Crippen molar-refractivity contribution in [1.29, 1.82) is 0 Å².